The molecule has 0 atom stereocenters. The van der Waals surface area contributed by atoms with Gasteiger partial charge in [-0.3, -0.25) is 9.59 Å². The molecule has 0 aliphatic heterocycles. The molecule has 0 heterocycles. The molecule has 174 valence electrons. The highest BCUT2D eigenvalue weighted by Gasteiger charge is 2.16. The second kappa shape index (κ2) is 14.4. The molecule has 0 spiro atoms. The molecular formula is C24H48N4O2+2. The predicted molar refractivity (Wildman–Crippen MR) is 127 cm³/mol. The Bertz CT molecular complexity index is 518. The van der Waals surface area contributed by atoms with Gasteiger partial charge in [-0.2, -0.15) is 0 Å². The number of quaternary nitrogens is 2. The second-order valence-electron chi connectivity index (χ2n) is 9.96. The van der Waals surface area contributed by atoms with Crippen LogP contribution in [0.2, 0.25) is 0 Å². The highest BCUT2D eigenvalue weighted by molar-refractivity contribution is 5.92. The first-order valence-electron chi connectivity index (χ1n) is 11.4. The summed E-state index contributed by atoms with van der Waals surface area (Å²) in [5.74, 6) is -0.0866. The van der Waals surface area contributed by atoms with Gasteiger partial charge in [0.25, 0.3) is 0 Å². The molecule has 0 radical (unpaired) electrons. The zero-order valence-corrected chi connectivity index (χ0v) is 20.6. The Morgan fingerprint density at radius 1 is 0.600 bits per heavy atom. The SMILES string of the molecule is C=C(C)C(=O)NCCC[N+](C)(C)CCCCCC[N+](C)(C)CCCNC(=O)C(=C)C. The van der Waals surface area contributed by atoms with E-state index >= 15 is 0 Å². The third-order valence-electron chi connectivity index (χ3n) is 5.50. The number of nitrogens with one attached hydrogen (secondary N) is 2. The summed E-state index contributed by atoms with van der Waals surface area (Å²) in [7, 11) is 9.08. The quantitative estimate of drug-likeness (QED) is 0.214. The van der Waals surface area contributed by atoms with Crippen molar-refractivity contribution in [3.63, 3.8) is 0 Å². The zero-order chi connectivity index (χ0) is 23.2. The predicted octanol–water partition coefficient (Wildman–Crippen LogP) is 2.86. The van der Waals surface area contributed by atoms with Crippen molar-refractivity contribution in [3.05, 3.63) is 24.3 Å². The summed E-state index contributed by atoms with van der Waals surface area (Å²) in [5, 5.41) is 5.81. The Hall–Kier alpha value is -1.66. The molecule has 0 fully saturated rings. The first-order chi connectivity index (χ1) is 13.9. The van der Waals surface area contributed by atoms with Gasteiger partial charge in [0.2, 0.25) is 11.8 Å². The van der Waals surface area contributed by atoms with E-state index in [4.69, 9.17) is 0 Å². The number of carbonyl (C=O) groups excluding carboxylic acids is 2. The molecule has 0 rings (SSSR count). The van der Waals surface area contributed by atoms with Crippen LogP contribution in [-0.4, -0.2) is 88.2 Å². The molecule has 30 heavy (non-hydrogen) atoms. The Labute approximate surface area is 185 Å². The van der Waals surface area contributed by atoms with E-state index in [1.165, 1.54) is 38.8 Å². The van der Waals surface area contributed by atoms with Crippen LogP contribution in [0.1, 0.15) is 52.4 Å². The number of amides is 2. The summed E-state index contributed by atoms with van der Waals surface area (Å²) in [4.78, 5) is 23.0. The number of nitrogens with zero attached hydrogens (tertiary/aromatic N) is 2. The zero-order valence-electron chi connectivity index (χ0n) is 20.6. The van der Waals surface area contributed by atoms with E-state index in [0.717, 1.165) is 48.0 Å². The Kier molecular flexibility index (Phi) is 13.6. The molecule has 2 N–H and O–H groups in total. The van der Waals surface area contributed by atoms with E-state index in [1.807, 2.05) is 0 Å². The van der Waals surface area contributed by atoms with Gasteiger partial charge in [0.1, 0.15) is 0 Å². The van der Waals surface area contributed by atoms with Gasteiger partial charge in [0.15, 0.2) is 0 Å². The molecule has 0 aliphatic rings. The molecule has 0 unspecified atom stereocenters. The Morgan fingerprint density at radius 3 is 1.20 bits per heavy atom. The minimum absolute atomic E-state index is 0.0433. The van der Waals surface area contributed by atoms with Crippen molar-refractivity contribution in [2.45, 2.75) is 52.4 Å². The lowest BCUT2D eigenvalue weighted by Gasteiger charge is -2.31. The van der Waals surface area contributed by atoms with Crippen LogP contribution in [0.4, 0.5) is 0 Å². The van der Waals surface area contributed by atoms with Gasteiger partial charge >= 0.3 is 0 Å². The molecule has 6 nitrogen and oxygen atoms in total. The molecule has 0 aliphatic carbocycles. The van der Waals surface area contributed by atoms with Crippen LogP contribution in [0.25, 0.3) is 0 Å². The van der Waals surface area contributed by atoms with Crippen LogP contribution >= 0.6 is 0 Å². The van der Waals surface area contributed by atoms with Gasteiger partial charge in [-0.15, -0.1) is 0 Å². The molecule has 2 amide bonds. The average Bonchev–Trinajstić information content (AvgIpc) is 2.64. The van der Waals surface area contributed by atoms with Crippen LogP contribution in [0.15, 0.2) is 24.3 Å². The average molecular weight is 425 g/mol. The van der Waals surface area contributed by atoms with E-state index in [0.29, 0.717) is 11.1 Å². The topological polar surface area (TPSA) is 58.2 Å². The van der Waals surface area contributed by atoms with Crippen molar-refractivity contribution < 1.29 is 18.6 Å². The summed E-state index contributed by atoms with van der Waals surface area (Å²) in [6.45, 7) is 16.7. The largest absolute Gasteiger partial charge is 0.352 e. The normalized spacial score (nSPS) is 11.8. The lowest BCUT2D eigenvalue weighted by molar-refractivity contribution is -0.891. The second-order valence-corrected chi connectivity index (χ2v) is 9.96. The summed E-state index contributed by atoms with van der Waals surface area (Å²) < 4.78 is 2.00. The molecule has 0 aromatic rings. The summed E-state index contributed by atoms with van der Waals surface area (Å²) in [5.41, 5.74) is 1.14. The third-order valence-corrected chi connectivity index (χ3v) is 5.50. The van der Waals surface area contributed by atoms with Crippen molar-refractivity contribution in [2.24, 2.45) is 0 Å². The minimum Gasteiger partial charge on any atom is -0.352 e. The molecule has 0 aromatic heterocycles. The van der Waals surface area contributed by atoms with Gasteiger partial charge in [0, 0.05) is 37.1 Å². The van der Waals surface area contributed by atoms with E-state index in [2.05, 4.69) is 52.0 Å². The number of rotatable bonds is 17. The van der Waals surface area contributed by atoms with Crippen molar-refractivity contribution in [2.75, 3.05) is 67.5 Å². The van der Waals surface area contributed by atoms with Gasteiger partial charge in [0.05, 0.1) is 54.4 Å². The van der Waals surface area contributed by atoms with Gasteiger partial charge < -0.3 is 19.6 Å². The van der Waals surface area contributed by atoms with Crippen molar-refractivity contribution in [3.8, 4) is 0 Å². The maximum absolute atomic E-state index is 11.5. The van der Waals surface area contributed by atoms with Crippen LogP contribution < -0.4 is 10.6 Å². The standard InChI is InChI=1S/C24H46N4O2/c1-21(2)23(29)25-15-13-19-27(5,6)17-11-9-10-12-18-28(7,8)20-14-16-26-24(30)22(3)4/h1,3,9-20H2,2,4-8H3/p+2. The molecule has 0 bridgehead atoms. The van der Waals surface area contributed by atoms with Gasteiger partial charge in [-0.05, 0) is 39.5 Å². The van der Waals surface area contributed by atoms with E-state index in [9.17, 15) is 9.59 Å². The van der Waals surface area contributed by atoms with Crippen molar-refractivity contribution >= 4 is 11.8 Å². The van der Waals surface area contributed by atoms with E-state index in [-0.39, 0.29) is 11.8 Å². The van der Waals surface area contributed by atoms with Gasteiger partial charge in [-0.1, -0.05) is 13.2 Å². The first kappa shape index (κ1) is 28.3. The van der Waals surface area contributed by atoms with Crippen LogP contribution in [0.3, 0.4) is 0 Å². The van der Waals surface area contributed by atoms with E-state index < -0.39 is 0 Å². The molecule has 0 saturated carbocycles. The van der Waals surface area contributed by atoms with Crippen LogP contribution in [-0.2, 0) is 9.59 Å². The molecular weight excluding hydrogens is 376 g/mol. The molecule has 0 saturated heterocycles. The van der Waals surface area contributed by atoms with Crippen LogP contribution in [0, 0.1) is 0 Å². The fraction of sp³-hybridized carbons (Fsp3) is 0.750. The molecule has 6 heteroatoms. The maximum atomic E-state index is 11.5. The van der Waals surface area contributed by atoms with Gasteiger partial charge in [-0.25, -0.2) is 0 Å². The number of unbranched alkanes of at least 4 members (excludes halogenated alkanes) is 3. The van der Waals surface area contributed by atoms with E-state index in [1.54, 1.807) is 13.8 Å². The fourth-order valence-electron chi connectivity index (χ4n) is 3.38. The summed E-state index contributed by atoms with van der Waals surface area (Å²) in [6, 6.07) is 0. The monoisotopic (exact) mass is 424 g/mol. The maximum Gasteiger partial charge on any atom is 0.246 e. The number of hydrogen-bond acceptors (Lipinski definition) is 2. The highest BCUT2D eigenvalue weighted by Crippen LogP contribution is 2.09. The third kappa shape index (κ3) is 15.2. The first-order valence-corrected chi connectivity index (χ1v) is 11.4. The Morgan fingerprint density at radius 2 is 0.900 bits per heavy atom. The lowest BCUT2D eigenvalue weighted by Crippen LogP contribution is -2.43. The number of carbonyl (C=O) groups is 2. The van der Waals surface area contributed by atoms with Crippen LogP contribution in [0.5, 0.6) is 0 Å². The smallest absolute Gasteiger partial charge is 0.246 e. The Balaban J connectivity index is 3.80. The summed E-state index contributed by atoms with van der Waals surface area (Å²) >= 11 is 0. The number of hydrogen-bond donors (Lipinski definition) is 2. The van der Waals surface area contributed by atoms with Crippen molar-refractivity contribution in [1.29, 1.82) is 0 Å². The lowest BCUT2D eigenvalue weighted by atomic mass is 10.1. The molecule has 0 aromatic carbocycles. The minimum atomic E-state index is -0.0433. The fourth-order valence-corrected chi connectivity index (χ4v) is 3.38. The highest BCUT2D eigenvalue weighted by atomic mass is 16.2. The van der Waals surface area contributed by atoms with Crippen molar-refractivity contribution in [1.82, 2.24) is 10.6 Å². The summed E-state index contributed by atoms with van der Waals surface area (Å²) in [6.07, 6.45) is 7.00.